The Morgan fingerprint density at radius 1 is 1.33 bits per heavy atom. The summed E-state index contributed by atoms with van der Waals surface area (Å²) >= 11 is 6.29. The molecule has 2 atom stereocenters. The van der Waals surface area contributed by atoms with Gasteiger partial charge in [-0.15, -0.1) is 0 Å². The van der Waals surface area contributed by atoms with E-state index in [1.807, 2.05) is 29.2 Å². The van der Waals surface area contributed by atoms with E-state index < -0.39 is 0 Å². The third-order valence-electron chi connectivity index (χ3n) is 4.28. The molecule has 0 radical (unpaired) electrons. The summed E-state index contributed by atoms with van der Waals surface area (Å²) < 4.78 is 0. The number of aromatic nitrogens is 1. The summed E-state index contributed by atoms with van der Waals surface area (Å²) in [5.74, 6) is 0.666. The Balaban J connectivity index is 1.94. The van der Waals surface area contributed by atoms with Gasteiger partial charge < -0.3 is 4.90 Å². The lowest BCUT2D eigenvalue weighted by Crippen LogP contribution is -2.44. The number of fused-ring (bicyclic) bond motifs is 1. The zero-order valence-corrected chi connectivity index (χ0v) is 13.1. The molecule has 4 heteroatoms. The van der Waals surface area contributed by atoms with E-state index in [1.54, 1.807) is 6.07 Å². The number of hydrogen-bond donors (Lipinski definition) is 0. The first-order chi connectivity index (χ1) is 10.1. The highest BCUT2D eigenvalue weighted by atomic mass is 35.5. The molecule has 1 aromatic carbocycles. The molecular formula is C17H19ClN2O. The van der Waals surface area contributed by atoms with Crippen molar-refractivity contribution >= 4 is 28.4 Å². The van der Waals surface area contributed by atoms with Crippen LogP contribution in [-0.4, -0.2) is 28.4 Å². The monoisotopic (exact) mass is 302 g/mol. The second-order valence-electron chi connectivity index (χ2n) is 5.98. The number of amides is 1. The van der Waals surface area contributed by atoms with Gasteiger partial charge in [0.05, 0.1) is 10.5 Å². The van der Waals surface area contributed by atoms with Crippen LogP contribution in [0.4, 0.5) is 0 Å². The molecule has 2 heterocycles. The van der Waals surface area contributed by atoms with Crippen LogP contribution >= 0.6 is 11.6 Å². The second kappa shape index (κ2) is 5.64. The van der Waals surface area contributed by atoms with Crippen molar-refractivity contribution in [1.82, 2.24) is 9.88 Å². The van der Waals surface area contributed by atoms with E-state index in [0.717, 1.165) is 30.3 Å². The molecule has 0 bridgehead atoms. The van der Waals surface area contributed by atoms with Crippen molar-refractivity contribution in [1.29, 1.82) is 0 Å². The largest absolute Gasteiger partial charge is 0.335 e. The molecule has 1 aliphatic heterocycles. The van der Waals surface area contributed by atoms with Crippen LogP contribution in [0, 0.1) is 5.92 Å². The lowest BCUT2D eigenvalue weighted by molar-refractivity contribution is 0.0583. The summed E-state index contributed by atoms with van der Waals surface area (Å²) in [6.07, 6.45) is 2.10. The molecule has 2 aromatic rings. The van der Waals surface area contributed by atoms with Crippen molar-refractivity contribution in [2.45, 2.75) is 32.7 Å². The number of rotatable bonds is 1. The standard InChI is InChI=1S/C17H19ClN2O/c1-11-7-8-20(12(2)9-11)17(21)16-10-14(18)13-5-3-4-6-15(13)19-16/h3-6,10-12H,7-9H2,1-2H3. The molecule has 21 heavy (non-hydrogen) atoms. The number of benzene rings is 1. The average Bonchev–Trinajstić information content (AvgIpc) is 2.46. The lowest BCUT2D eigenvalue weighted by Gasteiger charge is -2.36. The summed E-state index contributed by atoms with van der Waals surface area (Å²) in [6, 6.07) is 9.59. The van der Waals surface area contributed by atoms with Gasteiger partial charge in [-0.05, 0) is 37.8 Å². The number of nitrogens with zero attached hydrogens (tertiary/aromatic N) is 2. The smallest absolute Gasteiger partial charge is 0.272 e. The first-order valence-electron chi connectivity index (χ1n) is 7.42. The minimum absolute atomic E-state index is 0.0120. The Bertz CT molecular complexity index is 686. The van der Waals surface area contributed by atoms with E-state index in [0.29, 0.717) is 16.6 Å². The molecule has 0 N–H and O–H groups in total. The van der Waals surface area contributed by atoms with Gasteiger partial charge in [0.25, 0.3) is 5.91 Å². The number of pyridine rings is 1. The van der Waals surface area contributed by atoms with Gasteiger partial charge >= 0.3 is 0 Å². The molecule has 2 unspecified atom stereocenters. The number of carbonyl (C=O) groups is 1. The zero-order valence-electron chi connectivity index (χ0n) is 12.3. The van der Waals surface area contributed by atoms with E-state index >= 15 is 0 Å². The molecule has 1 fully saturated rings. The first kappa shape index (κ1) is 14.3. The Labute approximate surface area is 129 Å². The second-order valence-corrected chi connectivity index (χ2v) is 6.39. The molecule has 1 aliphatic rings. The molecule has 3 rings (SSSR count). The third kappa shape index (κ3) is 2.75. The molecule has 1 amide bonds. The molecule has 3 nitrogen and oxygen atoms in total. The number of halogens is 1. The lowest BCUT2D eigenvalue weighted by atomic mass is 9.93. The molecule has 1 aromatic heterocycles. The molecule has 1 saturated heterocycles. The summed E-state index contributed by atoms with van der Waals surface area (Å²) in [4.78, 5) is 19.1. The van der Waals surface area contributed by atoms with E-state index in [-0.39, 0.29) is 11.9 Å². The van der Waals surface area contributed by atoms with Crippen LogP contribution in [0.15, 0.2) is 30.3 Å². The van der Waals surface area contributed by atoms with Crippen LogP contribution < -0.4 is 0 Å². The van der Waals surface area contributed by atoms with Gasteiger partial charge in [-0.3, -0.25) is 4.79 Å². The normalized spacial score (nSPS) is 22.5. The topological polar surface area (TPSA) is 33.2 Å². The fourth-order valence-corrected chi connectivity index (χ4v) is 3.36. The predicted octanol–water partition coefficient (Wildman–Crippen LogP) is 4.15. The van der Waals surface area contributed by atoms with Crippen molar-refractivity contribution in [2.75, 3.05) is 6.54 Å². The molecule has 0 aliphatic carbocycles. The summed E-state index contributed by atoms with van der Waals surface area (Å²) in [7, 11) is 0. The van der Waals surface area contributed by atoms with E-state index in [2.05, 4.69) is 18.8 Å². The van der Waals surface area contributed by atoms with Crippen molar-refractivity contribution < 1.29 is 4.79 Å². The van der Waals surface area contributed by atoms with Gasteiger partial charge in [-0.1, -0.05) is 36.7 Å². The Kier molecular flexibility index (Phi) is 3.85. The predicted molar refractivity (Wildman–Crippen MR) is 85.6 cm³/mol. The van der Waals surface area contributed by atoms with Gasteiger partial charge in [-0.2, -0.15) is 0 Å². The zero-order chi connectivity index (χ0) is 15.0. The molecule has 0 saturated carbocycles. The van der Waals surface area contributed by atoms with Crippen LogP contribution in [0.2, 0.25) is 5.02 Å². The number of likely N-dealkylation sites (tertiary alicyclic amines) is 1. The van der Waals surface area contributed by atoms with Crippen LogP contribution in [0.25, 0.3) is 10.9 Å². The third-order valence-corrected chi connectivity index (χ3v) is 4.60. The summed E-state index contributed by atoms with van der Waals surface area (Å²) in [5.41, 5.74) is 1.21. The van der Waals surface area contributed by atoms with Crippen molar-refractivity contribution in [3.8, 4) is 0 Å². The molecular weight excluding hydrogens is 284 g/mol. The van der Waals surface area contributed by atoms with E-state index in [1.165, 1.54) is 0 Å². The first-order valence-corrected chi connectivity index (χ1v) is 7.80. The molecule has 0 spiro atoms. The Hall–Kier alpha value is -1.61. The quantitative estimate of drug-likeness (QED) is 0.793. The van der Waals surface area contributed by atoms with Crippen LogP contribution in [0.3, 0.4) is 0 Å². The average molecular weight is 303 g/mol. The highest BCUT2D eigenvalue weighted by Crippen LogP contribution is 2.26. The maximum Gasteiger partial charge on any atom is 0.272 e. The highest BCUT2D eigenvalue weighted by molar-refractivity contribution is 6.35. The van der Waals surface area contributed by atoms with Crippen LogP contribution in [0.5, 0.6) is 0 Å². The van der Waals surface area contributed by atoms with Crippen LogP contribution in [0.1, 0.15) is 37.2 Å². The van der Waals surface area contributed by atoms with Crippen LogP contribution in [-0.2, 0) is 0 Å². The maximum absolute atomic E-state index is 12.7. The van der Waals surface area contributed by atoms with Gasteiger partial charge in [0.15, 0.2) is 0 Å². The number of carbonyl (C=O) groups excluding carboxylic acids is 1. The number of para-hydroxylation sites is 1. The van der Waals surface area contributed by atoms with Gasteiger partial charge in [0.1, 0.15) is 5.69 Å². The molecule has 110 valence electrons. The minimum Gasteiger partial charge on any atom is -0.335 e. The van der Waals surface area contributed by atoms with Crippen molar-refractivity contribution in [3.63, 3.8) is 0 Å². The highest BCUT2D eigenvalue weighted by Gasteiger charge is 2.28. The van der Waals surface area contributed by atoms with Gasteiger partial charge in [-0.25, -0.2) is 4.98 Å². The number of hydrogen-bond acceptors (Lipinski definition) is 2. The Morgan fingerprint density at radius 2 is 2.10 bits per heavy atom. The fourth-order valence-electron chi connectivity index (χ4n) is 3.10. The van der Waals surface area contributed by atoms with Gasteiger partial charge in [0.2, 0.25) is 0 Å². The summed E-state index contributed by atoms with van der Waals surface area (Å²) in [6.45, 7) is 5.15. The fraction of sp³-hybridized carbons (Fsp3) is 0.412. The Morgan fingerprint density at radius 3 is 2.86 bits per heavy atom. The SMILES string of the molecule is CC1CCN(C(=O)c2cc(Cl)c3ccccc3n2)C(C)C1. The van der Waals surface area contributed by atoms with Crippen molar-refractivity contribution in [3.05, 3.63) is 41.0 Å². The van der Waals surface area contributed by atoms with E-state index in [4.69, 9.17) is 11.6 Å². The van der Waals surface area contributed by atoms with Crippen molar-refractivity contribution in [2.24, 2.45) is 5.92 Å². The number of piperidine rings is 1. The van der Waals surface area contributed by atoms with E-state index in [9.17, 15) is 4.79 Å². The summed E-state index contributed by atoms with van der Waals surface area (Å²) in [5, 5.41) is 1.47. The maximum atomic E-state index is 12.7. The minimum atomic E-state index is -0.0120. The van der Waals surface area contributed by atoms with Gasteiger partial charge in [0, 0.05) is 18.0 Å².